The van der Waals surface area contributed by atoms with Crippen molar-refractivity contribution < 1.29 is 0 Å². The van der Waals surface area contributed by atoms with Gasteiger partial charge in [0.15, 0.2) is 0 Å². The van der Waals surface area contributed by atoms with E-state index in [2.05, 4.69) is 60.1 Å². The minimum atomic E-state index is 0.219. The number of unbranched alkanes of at least 4 members (excludes halogenated alkanes) is 10. The van der Waals surface area contributed by atoms with E-state index in [-0.39, 0.29) is 5.41 Å². The Balaban J connectivity index is 1.51. The van der Waals surface area contributed by atoms with Crippen LogP contribution >= 0.6 is 0 Å². The molecular formula is C33H42Se2. The van der Waals surface area contributed by atoms with Crippen LogP contribution in [-0.4, -0.2) is 29.0 Å². The van der Waals surface area contributed by atoms with Crippen LogP contribution in [0.5, 0.6) is 0 Å². The molecule has 0 atom stereocenters. The van der Waals surface area contributed by atoms with Gasteiger partial charge in [0.1, 0.15) is 0 Å². The average molecular weight is 597 g/mol. The van der Waals surface area contributed by atoms with E-state index >= 15 is 0 Å². The van der Waals surface area contributed by atoms with E-state index in [4.69, 9.17) is 0 Å². The predicted octanol–water partition coefficient (Wildman–Crippen LogP) is 9.87. The molecule has 2 aromatic carbocycles. The van der Waals surface area contributed by atoms with Crippen LogP contribution in [0.1, 0.15) is 115 Å². The van der Waals surface area contributed by atoms with Gasteiger partial charge < -0.3 is 0 Å². The molecule has 0 aliphatic heterocycles. The standard InChI is InChI=1S/C33H42Se2/c1-3-5-7-9-11-13-17-33(18-14-12-10-8-6-4-2)29-21-25-15-19-34-31(25)23-27(29)28-24-32-26(16-20-35-32)22-30(28)33/h15-16,19-24H,3-14,17-18H2,1-2H3. The van der Waals surface area contributed by atoms with Crippen molar-refractivity contribution in [3.63, 3.8) is 0 Å². The Bertz CT molecular complexity index is 1140. The van der Waals surface area contributed by atoms with Crippen LogP contribution < -0.4 is 0 Å². The molecule has 0 unspecified atom stereocenters. The van der Waals surface area contributed by atoms with Gasteiger partial charge in [-0.1, -0.05) is 13.8 Å². The molecule has 0 N–H and O–H groups in total. The van der Waals surface area contributed by atoms with Gasteiger partial charge >= 0.3 is 212 Å². The summed E-state index contributed by atoms with van der Waals surface area (Å²) >= 11 is 1.02. The molecule has 5 rings (SSSR count). The van der Waals surface area contributed by atoms with Gasteiger partial charge in [-0.2, -0.15) is 0 Å². The number of hydrogen-bond acceptors (Lipinski definition) is 0. The molecule has 0 radical (unpaired) electrons. The van der Waals surface area contributed by atoms with Gasteiger partial charge in [-0.25, -0.2) is 0 Å². The van der Waals surface area contributed by atoms with E-state index in [9.17, 15) is 0 Å². The first-order valence-electron chi connectivity index (χ1n) is 14.3. The molecule has 0 bridgehead atoms. The van der Waals surface area contributed by atoms with Crippen molar-refractivity contribution in [3.05, 3.63) is 57.4 Å². The third-order valence-electron chi connectivity index (χ3n) is 8.42. The van der Waals surface area contributed by atoms with Crippen molar-refractivity contribution >= 4 is 48.3 Å². The first kappa shape index (κ1) is 25.6. The molecule has 0 saturated carbocycles. The van der Waals surface area contributed by atoms with Gasteiger partial charge in [0.05, 0.1) is 0 Å². The summed E-state index contributed by atoms with van der Waals surface area (Å²) in [4.78, 5) is 4.85. The monoisotopic (exact) mass is 598 g/mol. The van der Waals surface area contributed by atoms with Gasteiger partial charge in [0.25, 0.3) is 0 Å². The van der Waals surface area contributed by atoms with Crippen molar-refractivity contribution in [2.45, 2.75) is 109 Å². The van der Waals surface area contributed by atoms with Gasteiger partial charge in [-0.15, -0.1) is 0 Å². The van der Waals surface area contributed by atoms with E-state index in [1.807, 2.05) is 0 Å². The van der Waals surface area contributed by atoms with E-state index < -0.39 is 0 Å². The number of hydrogen-bond donors (Lipinski definition) is 0. The summed E-state index contributed by atoms with van der Waals surface area (Å²) in [6.07, 6.45) is 19.3. The van der Waals surface area contributed by atoms with Crippen molar-refractivity contribution in [3.8, 4) is 11.1 Å². The Labute approximate surface area is 225 Å². The number of benzene rings is 2. The van der Waals surface area contributed by atoms with Crippen LogP contribution in [-0.2, 0) is 5.41 Å². The topological polar surface area (TPSA) is 0 Å². The molecule has 0 fully saturated rings. The van der Waals surface area contributed by atoms with Gasteiger partial charge in [0, 0.05) is 0 Å². The molecular weight excluding hydrogens is 554 g/mol. The molecule has 186 valence electrons. The van der Waals surface area contributed by atoms with Crippen molar-refractivity contribution in [2.75, 3.05) is 0 Å². The van der Waals surface area contributed by atoms with Crippen molar-refractivity contribution in [2.24, 2.45) is 0 Å². The summed E-state index contributed by atoms with van der Waals surface area (Å²) in [5.41, 5.74) is 6.75. The quantitative estimate of drug-likeness (QED) is 0.100. The van der Waals surface area contributed by atoms with Crippen LogP contribution in [0.15, 0.2) is 46.3 Å². The number of fused-ring (bicyclic) bond motifs is 5. The Morgan fingerprint density at radius 2 is 0.971 bits per heavy atom. The first-order chi connectivity index (χ1) is 17.3. The maximum absolute atomic E-state index is 2.64. The fraction of sp³-hybridized carbons (Fsp3) is 0.515. The minimum absolute atomic E-state index is 0.219. The molecule has 0 saturated heterocycles. The van der Waals surface area contributed by atoms with E-state index in [1.165, 1.54) is 101 Å². The summed E-state index contributed by atoms with van der Waals surface area (Å²) in [5.74, 6) is 0. The Hall–Kier alpha value is -1.04. The summed E-state index contributed by atoms with van der Waals surface area (Å²) in [6, 6.07) is 15.3. The molecule has 0 spiro atoms. The van der Waals surface area contributed by atoms with E-state index in [0.29, 0.717) is 29.0 Å². The molecule has 35 heavy (non-hydrogen) atoms. The fourth-order valence-electron chi connectivity index (χ4n) is 6.48. The van der Waals surface area contributed by atoms with Crippen LogP contribution in [0, 0.1) is 0 Å². The summed E-state index contributed by atoms with van der Waals surface area (Å²) in [5, 5.41) is 3.03. The summed E-state index contributed by atoms with van der Waals surface area (Å²) in [7, 11) is 0. The molecule has 0 nitrogen and oxygen atoms in total. The SMILES string of the molecule is CCCCCCCCC1(CCCCCCCC)c2cc3cc[se]c3cc2-c2cc3[se]ccc3cc21. The van der Waals surface area contributed by atoms with Gasteiger partial charge in [-0.05, 0) is 0 Å². The van der Waals surface area contributed by atoms with Gasteiger partial charge in [0.2, 0.25) is 0 Å². The molecule has 0 amide bonds. The fourth-order valence-corrected chi connectivity index (χ4v) is 9.88. The molecule has 2 heteroatoms. The van der Waals surface area contributed by atoms with Crippen LogP contribution in [0.4, 0.5) is 0 Å². The van der Waals surface area contributed by atoms with E-state index in [0.717, 1.165) is 0 Å². The molecule has 1 aliphatic carbocycles. The third-order valence-corrected chi connectivity index (χ3v) is 12.1. The average Bonchev–Trinajstić information content (AvgIpc) is 3.58. The maximum atomic E-state index is 2.64. The Morgan fingerprint density at radius 3 is 1.43 bits per heavy atom. The zero-order valence-corrected chi connectivity index (χ0v) is 25.3. The molecule has 2 heterocycles. The second-order valence-electron chi connectivity index (χ2n) is 10.8. The van der Waals surface area contributed by atoms with Crippen molar-refractivity contribution in [1.82, 2.24) is 0 Å². The predicted molar refractivity (Wildman–Crippen MR) is 158 cm³/mol. The Morgan fingerprint density at radius 1 is 0.543 bits per heavy atom. The van der Waals surface area contributed by atoms with Crippen LogP contribution in [0.3, 0.4) is 0 Å². The second-order valence-corrected chi connectivity index (χ2v) is 14.8. The third kappa shape index (κ3) is 5.33. The molecule has 1 aliphatic rings. The van der Waals surface area contributed by atoms with Crippen molar-refractivity contribution in [1.29, 1.82) is 0 Å². The van der Waals surface area contributed by atoms with E-state index in [1.54, 1.807) is 30.8 Å². The van der Waals surface area contributed by atoms with Gasteiger partial charge in [-0.3, -0.25) is 0 Å². The zero-order chi connectivity index (χ0) is 24.1. The molecule has 2 aromatic heterocycles. The normalized spacial score (nSPS) is 14.1. The molecule has 4 aromatic rings. The Kier molecular flexibility index (Phi) is 8.78. The van der Waals surface area contributed by atoms with Crippen LogP contribution in [0.25, 0.3) is 30.4 Å². The first-order valence-corrected chi connectivity index (χ1v) is 18.0. The zero-order valence-electron chi connectivity index (χ0n) is 21.8. The summed E-state index contributed by atoms with van der Waals surface area (Å²) in [6.45, 7) is 4.65. The number of rotatable bonds is 14. The van der Waals surface area contributed by atoms with Crippen LogP contribution in [0.2, 0.25) is 0 Å². The summed E-state index contributed by atoms with van der Waals surface area (Å²) < 4.78 is 3.20. The second kappa shape index (κ2) is 12.0.